The van der Waals surface area contributed by atoms with Gasteiger partial charge in [-0.15, -0.1) is 0 Å². The quantitative estimate of drug-likeness (QED) is 0.500. The Labute approximate surface area is 168 Å². The molecule has 0 aliphatic carbocycles. The Bertz CT molecular complexity index is 1220. The molecule has 2 aromatic carbocycles. The molecule has 0 saturated carbocycles. The van der Waals surface area contributed by atoms with Crippen molar-refractivity contribution in [3.8, 4) is 5.69 Å². The monoisotopic (exact) mass is 414 g/mol. The zero-order valence-electron chi connectivity index (χ0n) is 15.3. The van der Waals surface area contributed by atoms with Crippen LogP contribution in [0.4, 0.5) is 17.6 Å². The Morgan fingerprint density at radius 1 is 1.07 bits per heavy atom. The fraction of sp³-hybridized carbons (Fsp3) is 0.0952. The zero-order valence-corrected chi connectivity index (χ0v) is 15.3. The molecule has 0 spiro atoms. The Hall–Kier alpha value is -3.75. The maximum atomic E-state index is 13.2. The van der Waals surface area contributed by atoms with E-state index in [-0.39, 0.29) is 18.1 Å². The van der Waals surface area contributed by atoms with Crippen molar-refractivity contribution in [1.82, 2.24) is 20.1 Å². The first-order valence-corrected chi connectivity index (χ1v) is 8.86. The third-order valence-corrected chi connectivity index (χ3v) is 4.49. The van der Waals surface area contributed by atoms with E-state index in [1.54, 1.807) is 22.9 Å². The average Bonchev–Trinajstić information content (AvgIpc) is 3.16. The molecule has 0 fully saturated rings. The second-order valence-corrected chi connectivity index (χ2v) is 6.51. The topological polar surface area (TPSA) is 59.8 Å². The molecule has 0 aliphatic heterocycles. The van der Waals surface area contributed by atoms with E-state index >= 15 is 0 Å². The number of nitrogens with zero attached hydrogens (tertiary/aromatic N) is 3. The van der Waals surface area contributed by atoms with Gasteiger partial charge in [-0.3, -0.25) is 9.78 Å². The van der Waals surface area contributed by atoms with Crippen LogP contribution in [-0.2, 0) is 12.7 Å². The highest BCUT2D eigenvalue weighted by molar-refractivity contribution is 6.04. The number of hydrogen-bond acceptors (Lipinski definition) is 3. The molecule has 1 N–H and O–H groups in total. The van der Waals surface area contributed by atoms with Gasteiger partial charge in [0.1, 0.15) is 11.5 Å². The minimum absolute atomic E-state index is 0.0904. The standard InChI is InChI=1S/C21H14F4N4O/c22-15-4-6-16(7-5-15)29-18-8-9-26-19(17(18)12-28-29)20(30)27-11-13-2-1-3-14(10-13)21(23,24)25/h1-10,12H,11H2,(H,27,30). The summed E-state index contributed by atoms with van der Waals surface area (Å²) >= 11 is 0. The van der Waals surface area contributed by atoms with Crippen LogP contribution in [0.15, 0.2) is 67.0 Å². The van der Waals surface area contributed by atoms with Crippen LogP contribution in [0.25, 0.3) is 16.6 Å². The van der Waals surface area contributed by atoms with Gasteiger partial charge in [0, 0.05) is 12.7 Å². The van der Waals surface area contributed by atoms with E-state index in [9.17, 15) is 22.4 Å². The molecule has 0 atom stereocenters. The first-order chi connectivity index (χ1) is 14.3. The molecule has 2 heterocycles. The lowest BCUT2D eigenvalue weighted by atomic mass is 10.1. The van der Waals surface area contributed by atoms with E-state index in [0.29, 0.717) is 22.2 Å². The summed E-state index contributed by atoms with van der Waals surface area (Å²) in [5.74, 6) is -0.928. The lowest BCUT2D eigenvalue weighted by molar-refractivity contribution is -0.137. The van der Waals surface area contributed by atoms with Crippen LogP contribution < -0.4 is 5.32 Å². The Kier molecular flexibility index (Phi) is 4.94. The molecule has 9 heteroatoms. The first-order valence-electron chi connectivity index (χ1n) is 8.86. The number of amides is 1. The largest absolute Gasteiger partial charge is 0.416 e. The molecular weight excluding hydrogens is 400 g/mol. The molecule has 0 saturated heterocycles. The van der Waals surface area contributed by atoms with E-state index in [4.69, 9.17) is 0 Å². The molecular formula is C21H14F4N4O. The molecule has 2 aromatic heterocycles. The summed E-state index contributed by atoms with van der Waals surface area (Å²) in [4.78, 5) is 16.7. The summed E-state index contributed by atoms with van der Waals surface area (Å²) < 4.78 is 53.2. The van der Waals surface area contributed by atoms with Crippen molar-refractivity contribution in [2.45, 2.75) is 12.7 Å². The van der Waals surface area contributed by atoms with Gasteiger partial charge in [-0.2, -0.15) is 18.3 Å². The number of pyridine rings is 1. The van der Waals surface area contributed by atoms with Crippen LogP contribution in [0, 0.1) is 5.82 Å². The Balaban J connectivity index is 1.58. The van der Waals surface area contributed by atoms with Crippen LogP contribution in [0.1, 0.15) is 21.6 Å². The third kappa shape index (κ3) is 3.86. The molecule has 4 aromatic rings. The summed E-state index contributed by atoms with van der Waals surface area (Å²) in [5, 5.41) is 7.29. The maximum absolute atomic E-state index is 13.2. The van der Waals surface area contributed by atoms with Gasteiger partial charge in [-0.1, -0.05) is 12.1 Å². The highest BCUT2D eigenvalue weighted by atomic mass is 19.4. The molecule has 0 unspecified atom stereocenters. The van der Waals surface area contributed by atoms with Gasteiger partial charge in [0.25, 0.3) is 5.91 Å². The van der Waals surface area contributed by atoms with Gasteiger partial charge >= 0.3 is 6.18 Å². The first kappa shape index (κ1) is 19.6. The van der Waals surface area contributed by atoms with Gasteiger partial charge in [-0.05, 0) is 48.0 Å². The smallest absolute Gasteiger partial charge is 0.347 e. The highest BCUT2D eigenvalue weighted by Gasteiger charge is 2.30. The number of rotatable bonds is 4. The Morgan fingerprint density at radius 2 is 1.83 bits per heavy atom. The molecule has 0 bridgehead atoms. The van der Waals surface area contributed by atoms with Crippen LogP contribution >= 0.6 is 0 Å². The summed E-state index contributed by atoms with van der Waals surface area (Å²) in [6.45, 7) is -0.0904. The van der Waals surface area contributed by atoms with Crippen molar-refractivity contribution < 1.29 is 22.4 Å². The van der Waals surface area contributed by atoms with Crippen molar-refractivity contribution in [2.75, 3.05) is 0 Å². The highest BCUT2D eigenvalue weighted by Crippen LogP contribution is 2.29. The number of aromatic nitrogens is 3. The van der Waals surface area contributed by atoms with Crippen LogP contribution in [0.5, 0.6) is 0 Å². The second-order valence-electron chi connectivity index (χ2n) is 6.51. The normalized spacial score (nSPS) is 11.6. The summed E-state index contributed by atoms with van der Waals surface area (Å²) in [5.41, 5.74) is 0.809. The van der Waals surface area contributed by atoms with Gasteiger partial charge in [-0.25, -0.2) is 9.07 Å². The molecule has 1 amide bonds. The second kappa shape index (κ2) is 7.58. The fourth-order valence-electron chi connectivity index (χ4n) is 3.05. The van der Waals surface area contributed by atoms with E-state index in [2.05, 4.69) is 15.4 Å². The molecule has 5 nitrogen and oxygen atoms in total. The predicted octanol–water partition coefficient (Wildman–Crippen LogP) is 4.51. The SMILES string of the molecule is O=C(NCc1cccc(C(F)(F)F)c1)c1nccc2c1cnn2-c1ccc(F)cc1. The fourth-order valence-corrected chi connectivity index (χ4v) is 3.05. The van der Waals surface area contributed by atoms with Gasteiger partial charge < -0.3 is 5.32 Å². The van der Waals surface area contributed by atoms with E-state index < -0.39 is 17.6 Å². The van der Waals surface area contributed by atoms with Crippen LogP contribution in [-0.4, -0.2) is 20.7 Å². The van der Waals surface area contributed by atoms with Crippen molar-refractivity contribution in [3.63, 3.8) is 0 Å². The molecule has 152 valence electrons. The number of fused-ring (bicyclic) bond motifs is 1. The number of nitrogens with one attached hydrogen (secondary N) is 1. The third-order valence-electron chi connectivity index (χ3n) is 4.49. The van der Waals surface area contributed by atoms with Crippen LogP contribution in [0.3, 0.4) is 0 Å². The lowest BCUT2D eigenvalue weighted by Crippen LogP contribution is -2.24. The van der Waals surface area contributed by atoms with Crippen molar-refractivity contribution in [1.29, 1.82) is 0 Å². The summed E-state index contributed by atoms with van der Waals surface area (Å²) in [6, 6.07) is 12.1. The molecule has 4 rings (SSSR count). The number of carbonyl (C=O) groups excluding carboxylic acids is 1. The number of halogens is 4. The molecule has 0 aliphatic rings. The van der Waals surface area contributed by atoms with Crippen molar-refractivity contribution in [3.05, 3.63) is 89.6 Å². The van der Waals surface area contributed by atoms with E-state index in [1.807, 2.05) is 0 Å². The minimum Gasteiger partial charge on any atom is -0.347 e. The van der Waals surface area contributed by atoms with Crippen molar-refractivity contribution >= 4 is 16.8 Å². The van der Waals surface area contributed by atoms with Gasteiger partial charge in [0.2, 0.25) is 0 Å². The predicted molar refractivity (Wildman–Crippen MR) is 101 cm³/mol. The number of carbonyl (C=O) groups is 1. The van der Waals surface area contributed by atoms with Crippen LogP contribution in [0.2, 0.25) is 0 Å². The number of alkyl halides is 3. The van der Waals surface area contributed by atoms with Crippen molar-refractivity contribution in [2.24, 2.45) is 0 Å². The maximum Gasteiger partial charge on any atom is 0.416 e. The molecule has 0 radical (unpaired) electrons. The zero-order chi connectivity index (χ0) is 21.3. The summed E-state index contributed by atoms with van der Waals surface area (Å²) in [7, 11) is 0. The number of hydrogen-bond donors (Lipinski definition) is 1. The average molecular weight is 414 g/mol. The number of benzene rings is 2. The Morgan fingerprint density at radius 3 is 2.57 bits per heavy atom. The van der Waals surface area contributed by atoms with E-state index in [1.165, 1.54) is 36.7 Å². The lowest BCUT2D eigenvalue weighted by Gasteiger charge is -2.10. The summed E-state index contributed by atoms with van der Waals surface area (Å²) in [6.07, 6.45) is -1.56. The van der Waals surface area contributed by atoms with Gasteiger partial charge in [0.05, 0.1) is 28.4 Å². The van der Waals surface area contributed by atoms with E-state index in [0.717, 1.165) is 12.1 Å². The molecule has 30 heavy (non-hydrogen) atoms. The minimum atomic E-state index is -4.46. The van der Waals surface area contributed by atoms with Gasteiger partial charge in [0.15, 0.2) is 0 Å².